The molecule has 1 aromatic carbocycles. The number of nitrogens with zero attached hydrogens (tertiary/aromatic N) is 5. The van der Waals surface area contributed by atoms with Crippen molar-refractivity contribution in [2.45, 2.75) is 13.0 Å². The highest BCUT2D eigenvalue weighted by Gasteiger charge is 2.03. The lowest BCUT2D eigenvalue weighted by molar-refractivity contribution is 0.689. The zero-order valence-corrected chi connectivity index (χ0v) is 8.54. The van der Waals surface area contributed by atoms with Crippen LogP contribution >= 0.6 is 0 Å². The summed E-state index contributed by atoms with van der Waals surface area (Å²) in [6.45, 7) is 0.806. The zero-order chi connectivity index (χ0) is 10.8. The highest BCUT2D eigenvalue weighted by Crippen LogP contribution is 2.11. The number of hydrogen-bond acceptors (Lipinski definition) is 4. The summed E-state index contributed by atoms with van der Waals surface area (Å²) in [7, 11) is 0. The molecule has 0 aliphatic heterocycles. The molecule has 0 radical (unpaired) electrons. The smallest absolute Gasteiger partial charge is 0.176 e. The highest BCUT2D eigenvalue weighted by atomic mass is 15.5. The SMILES string of the molecule is c1ccc2c(c1)ncn2CCc1nn[nH]n1. The van der Waals surface area contributed by atoms with E-state index in [1.54, 1.807) is 0 Å². The van der Waals surface area contributed by atoms with E-state index in [1.807, 2.05) is 24.5 Å². The minimum Gasteiger partial charge on any atom is -0.330 e. The molecular formula is C10H10N6. The molecule has 2 aromatic heterocycles. The Labute approximate surface area is 91.3 Å². The first kappa shape index (κ1) is 9.02. The van der Waals surface area contributed by atoms with E-state index < -0.39 is 0 Å². The maximum Gasteiger partial charge on any atom is 0.176 e. The standard InChI is InChI=1S/C10H10N6/c1-2-4-9-8(3-1)11-7-16(9)6-5-10-12-14-15-13-10/h1-4,7H,5-6H2,(H,12,13,14,15). The molecule has 0 amide bonds. The number of aromatic nitrogens is 6. The van der Waals surface area contributed by atoms with Crippen molar-refractivity contribution < 1.29 is 0 Å². The molecule has 0 bridgehead atoms. The Morgan fingerprint density at radius 2 is 2.19 bits per heavy atom. The molecule has 6 heteroatoms. The molecule has 16 heavy (non-hydrogen) atoms. The van der Waals surface area contributed by atoms with E-state index in [1.165, 1.54) is 0 Å². The van der Waals surface area contributed by atoms with Gasteiger partial charge in [0.25, 0.3) is 0 Å². The summed E-state index contributed by atoms with van der Waals surface area (Å²) in [5.41, 5.74) is 2.14. The van der Waals surface area contributed by atoms with Crippen LogP contribution in [0.3, 0.4) is 0 Å². The Morgan fingerprint density at radius 1 is 1.25 bits per heavy atom. The number of rotatable bonds is 3. The van der Waals surface area contributed by atoms with Crippen LogP contribution in [0.2, 0.25) is 0 Å². The number of fused-ring (bicyclic) bond motifs is 1. The Morgan fingerprint density at radius 3 is 3.06 bits per heavy atom. The van der Waals surface area contributed by atoms with Crippen molar-refractivity contribution in [3.8, 4) is 0 Å². The van der Waals surface area contributed by atoms with Gasteiger partial charge in [0.1, 0.15) is 0 Å². The van der Waals surface area contributed by atoms with Gasteiger partial charge >= 0.3 is 0 Å². The van der Waals surface area contributed by atoms with Crippen molar-refractivity contribution >= 4 is 11.0 Å². The van der Waals surface area contributed by atoms with E-state index >= 15 is 0 Å². The van der Waals surface area contributed by atoms with Crippen molar-refractivity contribution in [3.05, 3.63) is 36.4 Å². The first-order chi connectivity index (χ1) is 7.93. The minimum atomic E-state index is 0.720. The van der Waals surface area contributed by atoms with Crippen LogP contribution in [0, 0.1) is 0 Å². The topological polar surface area (TPSA) is 72.3 Å². The van der Waals surface area contributed by atoms with Crippen LogP contribution < -0.4 is 0 Å². The van der Waals surface area contributed by atoms with Crippen LogP contribution in [-0.4, -0.2) is 30.2 Å². The lowest BCUT2D eigenvalue weighted by Gasteiger charge is -2.00. The van der Waals surface area contributed by atoms with Crippen molar-refractivity contribution in [1.29, 1.82) is 0 Å². The third-order valence-electron chi connectivity index (χ3n) is 2.49. The van der Waals surface area contributed by atoms with Gasteiger partial charge in [-0.25, -0.2) is 4.98 Å². The van der Waals surface area contributed by atoms with Gasteiger partial charge in [-0.05, 0) is 12.1 Å². The van der Waals surface area contributed by atoms with Gasteiger partial charge in [-0.2, -0.15) is 5.21 Å². The van der Waals surface area contributed by atoms with Gasteiger partial charge in [0.05, 0.1) is 17.4 Å². The summed E-state index contributed by atoms with van der Waals surface area (Å²) < 4.78 is 2.09. The average molecular weight is 214 g/mol. The summed E-state index contributed by atoms with van der Waals surface area (Å²) >= 11 is 0. The second-order valence-electron chi connectivity index (χ2n) is 3.50. The molecule has 0 aliphatic rings. The van der Waals surface area contributed by atoms with Crippen LogP contribution in [0.1, 0.15) is 5.82 Å². The third-order valence-corrected chi connectivity index (χ3v) is 2.49. The Kier molecular flexibility index (Phi) is 2.10. The van der Waals surface area contributed by atoms with Crippen LogP contribution in [0.5, 0.6) is 0 Å². The van der Waals surface area contributed by atoms with E-state index in [-0.39, 0.29) is 0 Å². The number of aryl methyl sites for hydroxylation is 2. The van der Waals surface area contributed by atoms with Crippen LogP contribution in [0.4, 0.5) is 0 Å². The highest BCUT2D eigenvalue weighted by molar-refractivity contribution is 5.74. The Hall–Kier alpha value is -2.24. The molecule has 0 saturated heterocycles. The van der Waals surface area contributed by atoms with Gasteiger partial charge in [0.2, 0.25) is 0 Å². The minimum absolute atomic E-state index is 0.720. The monoisotopic (exact) mass is 214 g/mol. The van der Waals surface area contributed by atoms with Crippen molar-refractivity contribution in [1.82, 2.24) is 30.2 Å². The summed E-state index contributed by atoms with van der Waals surface area (Å²) in [6.07, 6.45) is 2.58. The number of tetrazole rings is 1. The van der Waals surface area contributed by atoms with Gasteiger partial charge in [-0.1, -0.05) is 17.3 Å². The van der Waals surface area contributed by atoms with Crippen LogP contribution in [0.15, 0.2) is 30.6 Å². The maximum absolute atomic E-state index is 4.32. The second kappa shape index (κ2) is 3.73. The number of benzene rings is 1. The van der Waals surface area contributed by atoms with Crippen LogP contribution in [0.25, 0.3) is 11.0 Å². The molecule has 0 fully saturated rings. The fraction of sp³-hybridized carbons (Fsp3) is 0.200. The predicted octanol–water partition coefficient (Wildman–Crippen LogP) is 0.792. The normalized spacial score (nSPS) is 11.0. The predicted molar refractivity (Wildman–Crippen MR) is 57.6 cm³/mol. The molecule has 1 N–H and O–H groups in total. The first-order valence-electron chi connectivity index (χ1n) is 5.06. The summed E-state index contributed by atoms with van der Waals surface area (Å²) in [6, 6.07) is 8.05. The Bertz CT molecular complexity index is 582. The maximum atomic E-state index is 4.32. The molecule has 3 rings (SSSR count). The molecule has 3 aromatic rings. The zero-order valence-electron chi connectivity index (χ0n) is 8.54. The summed E-state index contributed by atoms with van der Waals surface area (Å²) in [4.78, 5) is 4.32. The number of H-pyrrole nitrogens is 1. The van der Waals surface area contributed by atoms with E-state index in [0.717, 1.165) is 29.8 Å². The molecule has 2 heterocycles. The average Bonchev–Trinajstić information content (AvgIpc) is 2.96. The van der Waals surface area contributed by atoms with Crippen molar-refractivity contribution in [2.75, 3.05) is 0 Å². The molecular weight excluding hydrogens is 204 g/mol. The lowest BCUT2D eigenvalue weighted by atomic mass is 10.3. The third kappa shape index (κ3) is 1.54. The Balaban J connectivity index is 1.84. The molecule has 0 spiro atoms. The van der Waals surface area contributed by atoms with Gasteiger partial charge in [0, 0.05) is 13.0 Å². The molecule has 0 atom stereocenters. The largest absolute Gasteiger partial charge is 0.330 e. The van der Waals surface area contributed by atoms with Gasteiger partial charge in [-0.15, -0.1) is 10.2 Å². The summed E-state index contributed by atoms with van der Waals surface area (Å²) in [5, 5.41) is 13.8. The van der Waals surface area contributed by atoms with E-state index in [9.17, 15) is 0 Å². The van der Waals surface area contributed by atoms with Gasteiger partial charge in [0.15, 0.2) is 5.82 Å². The molecule has 0 saturated carbocycles. The van der Waals surface area contributed by atoms with E-state index in [4.69, 9.17) is 0 Å². The number of imidazole rings is 1. The quantitative estimate of drug-likeness (QED) is 0.699. The van der Waals surface area contributed by atoms with Crippen molar-refractivity contribution in [3.63, 3.8) is 0 Å². The fourth-order valence-electron chi connectivity index (χ4n) is 1.70. The number of hydrogen-bond donors (Lipinski definition) is 1. The fourth-order valence-corrected chi connectivity index (χ4v) is 1.70. The lowest BCUT2D eigenvalue weighted by Crippen LogP contribution is -2.01. The van der Waals surface area contributed by atoms with Crippen molar-refractivity contribution in [2.24, 2.45) is 0 Å². The number of para-hydroxylation sites is 2. The number of nitrogens with one attached hydrogen (secondary N) is 1. The molecule has 0 aliphatic carbocycles. The molecule has 6 nitrogen and oxygen atoms in total. The van der Waals surface area contributed by atoms with E-state index in [2.05, 4.69) is 36.2 Å². The van der Waals surface area contributed by atoms with Crippen LogP contribution in [-0.2, 0) is 13.0 Å². The second-order valence-corrected chi connectivity index (χ2v) is 3.50. The van der Waals surface area contributed by atoms with Gasteiger partial charge in [-0.3, -0.25) is 0 Å². The molecule has 80 valence electrons. The summed E-state index contributed by atoms with van der Waals surface area (Å²) in [5.74, 6) is 0.720. The first-order valence-corrected chi connectivity index (χ1v) is 5.06. The van der Waals surface area contributed by atoms with E-state index in [0.29, 0.717) is 0 Å². The van der Waals surface area contributed by atoms with Gasteiger partial charge < -0.3 is 4.57 Å². The molecule has 0 unspecified atom stereocenters. The number of aromatic amines is 1.